The van der Waals surface area contributed by atoms with Crippen LogP contribution in [0.4, 0.5) is 5.69 Å². The van der Waals surface area contributed by atoms with Gasteiger partial charge in [0.2, 0.25) is 0 Å². The molecule has 114 valence electrons. The molecule has 2 aromatic rings. The highest BCUT2D eigenvalue weighted by Crippen LogP contribution is 2.29. The molecule has 0 amide bonds. The fourth-order valence-electron chi connectivity index (χ4n) is 2.31. The van der Waals surface area contributed by atoms with Crippen molar-refractivity contribution >= 4 is 16.6 Å². The number of pyridine rings is 1. The molecule has 21 heavy (non-hydrogen) atoms. The number of hydrogen-bond donors (Lipinski definition) is 2. The zero-order valence-corrected chi connectivity index (χ0v) is 12.7. The van der Waals surface area contributed by atoms with Crippen molar-refractivity contribution < 1.29 is 14.6 Å². The molecule has 1 aromatic carbocycles. The fourth-order valence-corrected chi connectivity index (χ4v) is 2.31. The zero-order valence-electron chi connectivity index (χ0n) is 12.7. The minimum absolute atomic E-state index is 0.353. The molecule has 0 radical (unpaired) electrons. The molecule has 0 spiro atoms. The van der Waals surface area contributed by atoms with Crippen LogP contribution in [-0.4, -0.2) is 43.6 Å². The van der Waals surface area contributed by atoms with Crippen molar-refractivity contribution in [1.29, 1.82) is 0 Å². The number of anilines is 1. The van der Waals surface area contributed by atoms with E-state index in [1.54, 1.807) is 14.2 Å². The van der Waals surface area contributed by atoms with Gasteiger partial charge >= 0.3 is 0 Å². The van der Waals surface area contributed by atoms with Crippen LogP contribution < -0.4 is 10.1 Å². The van der Waals surface area contributed by atoms with Crippen LogP contribution in [0.3, 0.4) is 0 Å². The van der Waals surface area contributed by atoms with Gasteiger partial charge in [0, 0.05) is 30.4 Å². The minimum atomic E-state index is -0.453. The molecule has 0 aliphatic heterocycles. The smallest absolute Gasteiger partial charge is 0.145 e. The van der Waals surface area contributed by atoms with Crippen molar-refractivity contribution in [3.63, 3.8) is 0 Å². The number of aryl methyl sites for hydroxylation is 1. The quantitative estimate of drug-likeness (QED) is 0.819. The van der Waals surface area contributed by atoms with E-state index in [2.05, 4.69) is 10.3 Å². The van der Waals surface area contributed by atoms with E-state index >= 15 is 0 Å². The molecular formula is C16H22N2O3. The Bertz CT molecular complexity index is 601. The molecule has 5 heteroatoms. The number of fused-ring (bicyclic) bond motifs is 1. The van der Waals surface area contributed by atoms with Gasteiger partial charge in [0.15, 0.2) is 0 Å². The lowest BCUT2D eigenvalue weighted by atomic mass is 10.1. The Morgan fingerprint density at radius 1 is 1.33 bits per heavy atom. The van der Waals surface area contributed by atoms with Gasteiger partial charge in [0.25, 0.3) is 0 Å². The van der Waals surface area contributed by atoms with E-state index in [4.69, 9.17) is 9.47 Å². The Hall–Kier alpha value is -1.85. The minimum Gasteiger partial charge on any atom is -0.494 e. The topological polar surface area (TPSA) is 63.6 Å². The van der Waals surface area contributed by atoms with Gasteiger partial charge in [-0.1, -0.05) is 12.1 Å². The van der Waals surface area contributed by atoms with E-state index in [9.17, 15) is 5.11 Å². The van der Waals surface area contributed by atoms with Gasteiger partial charge in [-0.25, -0.2) is 4.98 Å². The number of hydrogen-bond acceptors (Lipinski definition) is 5. The number of para-hydroxylation sites is 1. The Balaban J connectivity index is 2.19. The Labute approximate surface area is 124 Å². The van der Waals surface area contributed by atoms with E-state index in [-0.39, 0.29) is 0 Å². The summed E-state index contributed by atoms with van der Waals surface area (Å²) in [6.07, 6.45) is 0.173. The number of nitrogens with zero attached hydrogens (tertiary/aromatic N) is 1. The predicted molar refractivity (Wildman–Crippen MR) is 84.0 cm³/mol. The molecule has 0 saturated carbocycles. The third-order valence-corrected chi connectivity index (χ3v) is 3.30. The van der Waals surface area contributed by atoms with Gasteiger partial charge in [-0.05, 0) is 25.5 Å². The van der Waals surface area contributed by atoms with Crippen molar-refractivity contribution in [2.45, 2.75) is 19.4 Å². The summed E-state index contributed by atoms with van der Waals surface area (Å²) in [5.74, 6) is 0.763. The predicted octanol–water partition coefficient (Wildman–Crippen LogP) is 2.36. The molecule has 1 aromatic heterocycles. The number of methoxy groups -OCH3 is 2. The van der Waals surface area contributed by atoms with Crippen LogP contribution in [0.5, 0.6) is 5.75 Å². The van der Waals surface area contributed by atoms with Crippen LogP contribution in [0.25, 0.3) is 10.9 Å². The van der Waals surface area contributed by atoms with E-state index in [0.717, 1.165) is 28.0 Å². The molecule has 2 N–H and O–H groups in total. The van der Waals surface area contributed by atoms with Gasteiger partial charge in [-0.2, -0.15) is 0 Å². The SMILES string of the molecule is COCC(O)CCNc1cc(C)nc2c(OC)cccc12. The van der Waals surface area contributed by atoms with Crippen molar-refractivity contribution in [1.82, 2.24) is 4.98 Å². The second-order valence-corrected chi connectivity index (χ2v) is 4.99. The molecule has 0 aliphatic rings. The summed E-state index contributed by atoms with van der Waals surface area (Å²) in [7, 11) is 3.23. The highest BCUT2D eigenvalue weighted by atomic mass is 16.5. The molecule has 5 nitrogen and oxygen atoms in total. The first-order valence-corrected chi connectivity index (χ1v) is 7.01. The molecular weight excluding hydrogens is 268 g/mol. The molecule has 2 rings (SSSR count). The Morgan fingerprint density at radius 2 is 2.14 bits per heavy atom. The van der Waals surface area contributed by atoms with E-state index in [1.165, 1.54) is 0 Å². The van der Waals surface area contributed by atoms with Gasteiger partial charge in [0.1, 0.15) is 11.3 Å². The van der Waals surface area contributed by atoms with Crippen LogP contribution in [0, 0.1) is 6.92 Å². The van der Waals surface area contributed by atoms with E-state index in [0.29, 0.717) is 19.6 Å². The van der Waals surface area contributed by atoms with Crippen molar-refractivity contribution in [2.75, 3.05) is 32.7 Å². The van der Waals surface area contributed by atoms with Crippen LogP contribution in [0.1, 0.15) is 12.1 Å². The Morgan fingerprint density at radius 3 is 2.86 bits per heavy atom. The van der Waals surface area contributed by atoms with Gasteiger partial charge in [0.05, 0.1) is 19.8 Å². The summed E-state index contributed by atoms with van der Waals surface area (Å²) in [6, 6.07) is 7.87. The molecule has 0 fully saturated rings. The number of rotatable bonds is 7. The van der Waals surface area contributed by atoms with Gasteiger partial charge < -0.3 is 19.9 Å². The summed E-state index contributed by atoms with van der Waals surface area (Å²) in [4.78, 5) is 4.55. The lowest BCUT2D eigenvalue weighted by Gasteiger charge is -2.14. The number of aliphatic hydroxyl groups excluding tert-OH is 1. The fraction of sp³-hybridized carbons (Fsp3) is 0.438. The summed E-state index contributed by atoms with van der Waals surface area (Å²) >= 11 is 0. The summed E-state index contributed by atoms with van der Waals surface area (Å²) in [5.41, 5.74) is 2.77. The largest absolute Gasteiger partial charge is 0.494 e. The molecule has 0 aliphatic carbocycles. The monoisotopic (exact) mass is 290 g/mol. The summed E-state index contributed by atoms with van der Waals surface area (Å²) < 4.78 is 10.3. The third-order valence-electron chi connectivity index (χ3n) is 3.30. The molecule has 1 unspecified atom stereocenters. The highest BCUT2D eigenvalue weighted by molar-refractivity contribution is 5.95. The average molecular weight is 290 g/mol. The van der Waals surface area contributed by atoms with Crippen LogP contribution in [0.2, 0.25) is 0 Å². The second kappa shape index (κ2) is 7.24. The molecule has 0 bridgehead atoms. The van der Waals surface area contributed by atoms with Crippen molar-refractivity contribution in [3.05, 3.63) is 30.0 Å². The molecule has 0 saturated heterocycles. The standard InChI is InChI=1S/C16H22N2O3/c1-11-9-14(17-8-7-12(19)10-20-2)13-5-4-6-15(21-3)16(13)18-11/h4-6,9,12,19H,7-8,10H2,1-3H3,(H,17,18). The van der Waals surface area contributed by atoms with Crippen LogP contribution in [0.15, 0.2) is 24.3 Å². The first kappa shape index (κ1) is 15.5. The third kappa shape index (κ3) is 3.83. The maximum Gasteiger partial charge on any atom is 0.145 e. The maximum atomic E-state index is 9.68. The molecule has 1 atom stereocenters. The maximum absolute atomic E-state index is 9.68. The summed E-state index contributed by atoms with van der Waals surface area (Å²) in [5, 5.41) is 14.1. The first-order valence-electron chi connectivity index (χ1n) is 7.01. The first-order chi connectivity index (χ1) is 10.2. The number of benzene rings is 1. The number of aromatic nitrogens is 1. The second-order valence-electron chi connectivity index (χ2n) is 4.99. The van der Waals surface area contributed by atoms with Crippen molar-refractivity contribution in [3.8, 4) is 5.75 Å². The normalized spacial score (nSPS) is 12.4. The van der Waals surface area contributed by atoms with Gasteiger partial charge in [-0.3, -0.25) is 0 Å². The van der Waals surface area contributed by atoms with Gasteiger partial charge in [-0.15, -0.1) is 0 Å². The molecule has 1 heterocycles. The Kier molecular flexibility index (Phi) is 5.36. The van der Waals surface area contributed by atoms with Crippen LogP contribution >= 0.6 is 0 Å². The van der Waals surface area contributed by atoms with E-state index < -0.39 is 6.10 Å². The number of aliphatic hydroxyl groups is 1. The summed E-state index contributed by atoms with van der Waals surface area (Å²) in [6.45, 7) is 2.97. The van der Waals surface area contributed by atoms with Crippen molar-refractivity contribution in [2.24, 2.45) is 0 Å². The number of nitrogens with one attached hydrogen (secondary N) is 1. The lowest BCUT2D eigenvalue weighted by molar-refractivity contribution is 0.0615. The highest BCUT2D eigenvalue weighted by Gasteiger charge is 2.09. The van der Waals surface area contributed by atoms with Crippen LogP contribution in [-0.2, 0) is 4.74 Å². The zero-order chi connectivity index (χ0) is 15.2. The lowest BCUT2D eigenvalue weighted by Crippen LogP contribution is -2.18. The number of ether oxygens (including phenoxy) is 2. The van der Waals surface area contributed by atoms with E-state index in [1.807, 2.05) is 31.2 Å². The average Bonchev–Trinajstić information content (AvgIpc) is 2.46.